The predicted octanol–water partition coefficient (Wildman–Crippen LogP) is 1.95. The zero-order valence-corrected chi connectivity index (χ0v) is 14.3. The van der Waals surface area contributed by atoms with Crippen LogP contribution in [0, 0.1) is 24.0 Å². The van der Waals surface area contributed by atoms with E-state index in [1.54, 1.807) is 0 Å². The summed E-state index contributed by atoms with van der Waals surface area (Å²) >= 11 is 1.16. The zero-order chi connectivity index (χ0) is 18.4. The number of carbonyl (C=O) groups is 1. The lowest BCUT2D eigenvalue weighted by Gasteiger charge is -2.02. The highest BCUT2D eigenvalue weighted by atomic mass is 32.2. The lowest BCUT2D eigenvalue weighted by Crippen LogP contribution is -2.20. The van der Waals surface area contributed by atoms with Gasteiger partial charge in [-0.15, -0.1) is 0 Å². The summed E-state index contributed by atoms with van der Waals surface area (Å²) in [4.78, 5) is 30.5. The SMILES string of the molecule is Cc1cc(C)nc(SCC(=O)N/N=C\c2cc(O)ccc2[N+](=O)[O-])n1. The first kappa shape index (κ1) is 18.3. The molecule has 0 bridgehead atoms. The molecule has 130 valence electrons. The second-order valence-corrected chi connectivity index (χ2v) is 5.96. The number of benzene rings is 1. The van der Waals surface area contributed by atoms with Gasteiger partial charge in [0.1, 0.15) is 5.75 Å². The molecule has 0 aliphatic rings. The largest absolute Gasteiger partial charge is 0.508 e. The second kappa shape index (κ2) is 8.20. The third kappa shape index (κ3) is 5.53. The molecule has 2 aromatic rings. The van der Waals surface area contributed by atoms with Crippen LogP contribution in [0.25, 0.3) is 0 Å². The summed E-state index contributed by atoms with van der Waals surface area (Å²) in [6, 6.07) is 5.38. The van der Waals surface area contributed by atoms with E-state index >= 15 is 0 Å². The molecule has 0 aliphatic carbocycles. The fraction of sp³-hybridized carbons (Fsp3) is 0.200. The highest BCUT2D eigenvalue weighted by Crippen LogP contribution is 2.21. The van der Waals surface area contributed by atoms with Crippen molar-refractivity contribution in [1.82, 2.24) is 15.4 Å². The number of nitrogens with one attached hydrogen (secondary N) is 1. The molecule has 9 nitrogen and oxygen atoms in total. The molecule has 0 fully saturated rings. The van der Waals surface area contributed by atoms with Gasteiger partial charge in [0.2, 0.25) is 0 Å². The van der Waals surface area contributed by atoms with Gasteiger partial charge in [-0.3, -0.25) is 14.9 Å². The van der Waals surface area contributed by atoms with E-state index in [0.717, 1.165) is 35.4 Å². The molecule has 1 aromatic heterocycles. The molecule has 1 aromatic carbocycles. The smallest absolute Gasteiger partial charge is 0.278 e. The molecule has 25 heavy (non-hydrogen) atoms. The summed E-state index contributed by atoms with van der Waals surface area (Å²) in [5.41, 5.74) is 3.74. The van der Waals surface area contributed by atoms with E-state index in [0.29, 0.717) is 5.16 Å². The minimum Gasteiger partial charge on any atom is -0.508 e. The van der Waals surface area contributed by atoms with Gasteiger partial charge in [0.15, 0.2) is 5.16 Å². The normalized spacial score (nSPS) is 10.8. The Morgan fingerprint density at radius 1 is 1.36 bits per heavy atom. The number of phenols is 1. The number of phenolic OH excluding ortho intramolecular Hbond substituents is 1. The maximum Gasteiger partial charge on any atom is 0.278 e. The highest BCUT2D eigenvalue weighted by Gasteiger charge is 2.12. The molecule has 0 aliphatic heterocycles. The summed E-state index contributed by atoms with van der Waals surface area (Å²) in [5, 5.41) is 24.5. The number of nitro benzene ring substituents is 1. The molecule has 2 N–H and O–H groups in total. The summed E-state index contributed by atoms with van der Waals surface area (Å²) in [5.74, 6) is -0.504. The van der Waals surface area contributed by atoms with Crippen LogP contribution in [0.15, 0.2) is 34.5 Å². The van der Waals surface area contributed by atoms with E-state index in [2.05, 4.69) is 20.5 Å². The summed E-state index contributed by atoms with van der Waals surface area (Å²) in [6.07, 6.45) is 1.10. The highest BCUT2D eigenvalue weighted by molar-refractivity contribution is 7.99. The van der Waals surface area contributed by atoms with Crippen molar-refractivity contribution in [3.05, 3.63) is 51.3 Å². The summed E-state index contributed by atoms with van der Waals surface area (Å²) < 4.78 is 0. The quantitative estimate of drug-likeness (QED) is 0.264. The van der Waals surface area contributed by atoms with Crippen LogP contribution >= 0.6 is 11.8 Å². The fourth-order valence-corrected chi connectivity index (χ4v) is 2.65. The molecule has 0 saturated heterocycles. The number of rotatable bonds is 6. The van der Waals surface area contributed by atoms with Gasteiger partial charge in [-0.1, -0.05) is 11.8 Å². The minimum atomic E-state index is -0.601. The van der Waals surface area contributed by atoms with Crippen molar-refractivity contribution in [3.63, 3.8) is 0 Å². The van der Waals surface area contributed by atoms with Crippen molar-refractivity contribution < 1.29 is 14.8 Å². The van der Waals surface area contributed by atoms with Gasteiger partial charge in [0.05, 0.1) is 22.5 Å². The molecule has 0 saturated carbocycles. The van der Waals surface area contributed by atoms with Crippen LogP contribution in [0.3, 0.4) is 0 Å². The van der Waals surface area contributed by atoms with Crippen molar-refractivity contribution in [1.29, 1.82) is 0 Å². The Morgan fingerprint density at radius 2 is 2.04 bits per heavy atom. The predicted molar refractivity (Wildman–Crippen MR) is 92.7 cm³/mol. The number of aromatic nitrogens is 2. The number of aryl methyl sites for hydroxylation is 2. The molecule has 1 heterocycles. The van der Waals surface area contributed by atoms with E-state index in [1.807, 2.05) is 19.9 Å². The first-order chi connectivity index (χ1) is 11.8. The van der Waals surface area contributed by atoms with Crippen LogP contribution in [0.5, 0.6) is 5.75 Å². The third-order valence-electron chi connectivity index (χ3n) is 2.89. The van der Waals surface area contributed by atoms with Crippen molar-refractivity contribution in [2.45, 2.75) is 19.0 Å². The Morgan fingerprint density at radius 3 is 2.68 bits per heavy atom. The van der Waals surface area contributed by atoms with Crippen LogP contribution in [-0.2, 0) is 4.79 Å². The van der Waals surface area contributed by atoms with Gasteiger partial charge in [-0.2, -0.15) is 5.10 Å². The number of carbonyl (C=O) groups excluding carboxylic acids is 1. The van der Waals surface area contributed by atoms with Gasteiger partial charge in [-0.25, -0.2) is 15.4 Å². The lowest BCUT2D eigenvalue weighted by atomic mass is 10.2. The summed E-state index contributed by atoms with van der Waals surface area (Å²) in [6.45, 7) is 3.68. The Kier molecular flexibility index (Phi) is 6.01. The molecule has 0 spiro atoms. The Hall–Kier alpha value is -3.01. The number of aromatic hydroxyl groups is 1. The average Bonchev–Trinajstić information content (AvgIpc) is 2.52. The number of amides is 1. The molecule has 2 rings (SSSR count). The summed E-state index contributed by atoms with van der Waals surface area (Å²) in [7, 11) is 0. The number of nitro groups is 1. The Labute approximate surface area is 147 Å². The van der Waals surface area contributed by atoms with Crippen molar-refractivity contribution >= 4 is 29.6 Å². The average molecular weight is 361 g/mol. The van der Waals surface area contributed by atoms with Crippen molar-refractivity contribution in [2.24, 2.45) is 5.10 Å². The standard InChI is InChI=1S/C15H15N5O4S/c1-9-5-10(2)18-15(17-9)25-8-14(22)19-16-7-11-6-12(21)3-4-13(11)20(23)24/h3-7,21H,8H2,1-2H3,(H,19,22)/b16-7-. The molecular weight excluding hydrogens is 346 g/mol. The Balaban J connectivity index is 1.95. The van der Waals surface area contributed by atoms with Gasteiger partial charge < -0.3 is 5.11 Å². The number of hydrogen-bond donors (Lipinski definition) is 2. The molecule has 0 atom stereocenters. The zero-order valence-electron chi connectivity index (χ0n) is 13.5. The fourth-order valence-electron chi connectivity index (χ4n) is 1.91. The van der Waals surface area contributed by atoms with Crippen LogP contribution < -0.4 is 5.43 Å². The number of nitrogens with zero attached hydrogens (tertiary/aromatic N) is 4. The van der Waals surface area contributed by atoms with Gasteiger partial charge in [0.25, 0.3) is 11.6 Å². The molecule has 0 radical (unpaired) electrons. The van der Waals surface area contributed by atoms with E-state index in [1.165, 1.54) is 12.1 Å². The number of hydrogen-bond acceptors (Lipinski definition) is 8. The minimum absolute atomic E-state index is 0.0440. The number of hydrazone groups is 1. The monoisotopic (exact) mass is 361 g/mol. The first-order valence-electron chi connectivity index (χ1n) is 7.09. The van der Waals surface area contributed by atoms with Gasteiger partial charge >= 0.3 is 0 Å². The molecule has 1 amide bonds. The maximum absolute atomic E-state index is 11.8. The van der Waals surface area contributed by atoms with E-state index < -0.39 is 10.8 Å². The van der Waals surface area contributed by atoms with Gasteiger partial charge in [-0.05, 0) is 32.0 Å². The lowest BCUT2D eigenvalue weighted by molar-refractivity contribution is -0.385. The van der Waals surface area contributed by atoms with Crippen LogP contribution in [-0.4, -0.2) is 37.9 Å². The first-order valence-corrected chi connectivity index (χ1v) is 8.08. The molecule has 10 heteroatoms. The topological polar surface area (TPSA) is 131 Å². The number of thioether (sulfide) groups is 1. The molecular formula is C15H15N5O4S. The van der Waals surface area contributed by atoms with Crippen LogP contribution in [0.4, 0.5) is 5.69 Å². The second-order valence-electron chi connectivity index (χ2n) is 5.02. The van der Waals surface area contributed by atoms with Crippen molar-refractivity contribution in [3.8, 4) is 5.75 Å². The van der Waals surface area contributed by atoms with Crippen molar-refractivity contribution in [2.75, 3.05) is 5.75 Å². The van der Waals surface area contributed by atoms with E-state index in [9.17, 15) is 20.0 Å². The van der Waals surface area contributed by atoms with Crippen LogP contribution in [0.2, 0.25) is 0 Å². The third-order valence-corrected chi connectivity index (χ3v) is 3.74. The van der Waals surface area contributed by atoms with Gasteiger partial charge in [0, 0.05) is 17.5 Å². The maximum atomic E-state index is 11.8. The molecule has 0 unspecified atom stereocenters. The van der Waals surface area contributed by atoms with E-state index in [-0.39, 0.29) is 22.8 Å². The van der Waals surface area contributed by atoms with Crippen LogP contribution in [0.1, 0.15) is 17.0 Å². The van der Waals surface area contributed by atoms with E-state index in [4.69, 9.17) is 0 Å². The Bertz CT molecular complexity index is 820.